The third kappa shape index (κ3) is 5.71. The van der Waals surface area contributed by atoms with Gasteiger partial charge in [-0.25, -0.2) is 0 Å². The highest BCUT2D eigenvalue weighted by Gasteiger charge is 2.26. The fraction of sp³-hybridized carbons (Fsp3) is 1.00. The van der Waals surface area contributed by atoms with Crippen LogP contribution in [0.25, 0.3) is 0 Å². The second-order valence-corrected chi connectivity index (χ2v) is 5.90. The Labute approximate surface area is 115 Å². The van der Waals surface area contributed by atoms with Gasteiger partial charge in [0.15, 0.2) is 0 Å². The smallest absolute Gasteiger partial charge is 0.0246 e. The Morgan fingerprint density at radius 3 is 2.67 bits per heavy atom. The van der Waals surface area contributed by atoms with Gasteiger partial charge in [0.2, 0.25) is 0 Å². The summed E-state index contributed by atoms with van der Waals surface area (Å²) in [5, 5.41) is 3.69. The third-order valence-electron chi connectivity index (χ3n) is 4.26. The zero-order valence-electron chi connectivity index (χ0n) is 12.9. The van der Waals surface area contributed by atoms with Crippen LogP contribution in [0.1, 0.15) is 72.1 Å². The summed E-state index contributed by atoms with van der Waals surface area (Å²) < 4.78 is 0. The number of unbranched alkanes of at least 4 members (excludes halogenated alkanes) is 3. The molecule has 0 amide bonds. The van der Waals surface area contributed by atoms with Crippen LogP contribution in [0, 0.1) is 0 Å². The van der Waals surface area contributed by atoms with Gasteiger partial charge >= 0.3 is 0 Å². The summed E-state index contributed by atoms with van der Waals surface area (Å²) >= 11 is 0. The molecule has 1 fully saturated rings. The van der Waals surface area contributed by atoms with Gasteiger partial charge < -0.3 is 5.32 Å². The van der Waals surface area contributed by atoms with E-state index >= 15 is 0 Å². The Morgan fingerprint density at radius 1 is 1.11 bits per heavy atom. The van der Waals surface area contributed by atoms with E-state index in [0.29, 0.717) is 6.04 Å². The molecule has 108 valence electrons. The van der Waals surface area contributed by atoms with Crippen molar-refractivity contribution in [3.8, 4) is 0 Å². The van der Waals surface area contributed by atoms with Crippen LogP contribution >= 0.6 is 0 Å². The Balaban J connectivity index is 2.31. The number of piperidine rings is 1. The summed E-state index contributed by atoms with van der Waals surface area (Å²) in [7, 11) is 0. The summed E-state index contributed by atoms with van der Waals surface area (Å²) in [5.74, 6) is 0. The molecule has 0 aliphatic carbocycles. The van der Waals surface area contributed by atoms with E-state index in [1.165, 1.54) is 71.0 Å². The normalized spacial score (nSPS) is 23.2. The van der Waals surface area contributed by atoms with Crippen molar-refractivity contribution in [3.05, 3.63) is 0 Å². The number of nitrogens with zero attached hydrogens (tertiary/aromatic N) is 1. The highest BCUT2D eigenvalue weighted by Crippen LogP contribution is 2.20. The van der Waals surface area contributed by atoms with Crippen molar-refractivity contribution in [2.45, 2.75) is 84.2 Å². The standard InChI is InChI=1S/C16H34N2/c1-4-6-7-9-13-18-14-10-8-11-16(18)15(3)17-12-5-2/h15-17H,4-14H2,1-3H3. The highest BCUT2D eigenvalue weighted by atomic mass is 15.2. The molecule has 1 aliphatic heterocycles. The summed E-state index contributed by atoms with van der Waals surface area (Å²) in [6, 6.07) is 1.45. The van der Waals surface area contributed by atoms with Crippen molar-refractivity contribution in [3.63, 3.8) is 0 Å². The fourth-order valence-electron chi connectivity index (χ4n) is 3.11. The maximum atomic E-state index is 3.69. The van der Waals surface area contributed by atoms with E-state index in [1.807, 2.05) is 0 Å². The minimum absolute atomic E-state index is 0.663. The zero-order chi connectivity index (χ0) is 13.2. The second kappa shape index (κ2) is 9.80. The molecule has 2 heteroatoms. The SMILES string of the molecule is CCCCCCN1CCCCC1C(C)NCCC. The molecule has 0 aromatic carbocycles. The monoisotopic (exact) mass is 254 g/mol. The lowest BCUT2D eigenvalue weighted by molar-refractivity contribution is 0.117. The Bertz CT molecular complexity index is 194. The molecule has 18 heavy (non-hydrogen) atoms. The predicted octanol–water partition coefficient (Wildman–Crippen LogP) is 3.81. The van der Waals surface area contributed by atoms with Crippen molar-refractivity contribution < 1.29 is 0 Å². The number of hydrogen-bond donors (Lipinski definition) is 1. The van der Waals surface area contributed by atoms with E-state index < -0.39 is 0 Å². The summed E-state index contributed by atoms with van der Waals surface area (Å²) in [6.45, 7) is 10.7. The predicted molar refractivity (Wildman–Crippen MR) is 81.1 cm³/mol. The fourth-order valence-corrected chi connectivity index (χ4v) is 3.11. The molecule has 0 saturated carbocycles. The lowest BCUT2D eigenvalue weighted by atomic mass is 9.96. The summed E-state index contributed by atoms with van der Waals surface area (Å²) in [6.07, 6.45) is 11.0. The van der Waals surface area contributed by atoms with Gasteiger partial charge in [0, 0.05) is 12.1 Å². The lowest BCUT2D eigenvalue weighted by Crippen LogP contribution is -2.51. The number of hydrogen-bond acceptors (Lipinski definition) is 2. The highest BCUT2D eigenvalue weighted by molar-refractivity contribution is 4.84. The molecule has 1 saturated heterocycles. The van der Waals surface area contributed by atoms with Crippen LogP contribution in [0.15, 0.2) is 0 Å². The minimum Gasteiger partial charge on any atom is -0.313 e. The third-order valence-corrected chi connectivity index (χ3v) is 4.26. The maximum absolute atomic E-state index is 3.69. The van der Waals surface area contributed by atoms with Crippen molar-refractivity contribution in [2.24, 2.45) is 0 Å². The van der Waals surface area contributed by atoms with Crippen LogP contribution in [-0.2, 0) is 0 Å². The Morgan fingerprint density at radius 2 is 1.94 bits per heavy atom. The first-order chi connectivity index (χ1) is 8.79. The largest absolute Gasteiger partial charge is 0.313 e. The van der Waals surface area contributed by atoms with Crippen LogP contribution in [-0.4, -0.2) is 36.6 Å². The molecule has 0 bridgehead atoms. The maximum Gasteiger partial charge on any atom is 0.0246 e. The second-order valence-electron chi connectivity index (χ2n) is 5.90. The number of rotatable bonds is 9. The van der Waals surface area contributed by atoms with Crippen molar-refractivity contribution in [1.82, 2.24) is 10.2 Å². The Kier molecular flexibility index (Phi) is 8.70. The first-order valence-corrected chi connectivity index (χ1v) is 8.27. The van der Waals surface area contributed by atoms with E-state index in [9.17, 15) is 0 Å². The van der Waals surface area contributed by atoms with Gasteiger partial charge in [0.1, 0.15) is 0 Å². The molecule has 0 aromatic rings. The number of nitrogens with one attached hydrogen (secondary N) is 1. The van der Waals surface area contributed by atoms with Crippen LogP contribution in [0.3, 0.4) is 0 Å². The molecular weight excluding hydrogens is 220 g/mol. The van der Waals surface area contributed by atoms with Gasteiger partial charge in [0.25, 0.3) is 0 Å². The van der Waals surface area contributed by atoms with Gasteiger partial charge in [0.05, 0.1) is 0 Å². The first-order valence-electron chi connectivity index (χ1n) is 8.27. The van der Waals surface area contributed by atoms with Crippen LogP contribution in [0.5, 0.6) is 0 Å². The average molecular weight is 254 g/mol. The summed E-state index contributed by atoms with van der Waals surface area (Å²) in [5.41, 5.74) is 0. The van der Waals surface area contributed by atoms with E-state index in [1.54, 1.807) is 0 Å². The van der Waals surface area contributed by atoms with Crippen LogP contribution in [0.4, 0.5) is 0 Å². The molecule has 2 nitrogen and oxygen atoms in total. The van der Waals surface area contributed by atoms with E-state index in [0.717, 1.165) is 6.04 Å². The first kappa shape index (κ1) is 16.0. The molecule has 2 atom stereocenters. The molecule has 0 aromatic heterocycles. The van der Waals surface area contributed by atoms with Crippen LogP contribution in [0.2, 0.25) is 0 Å². The molecule has 1 rings (SSSR count). The molecule has 1 heterocycles. The van der Waals surface area contributed by atoms with Crippen molar-refractivity contribution >= 4 is 0 Å². The number of likely N-dealkylation sites (tertiary alicyclic amines) is 1. The molecule has 0 spiro atoms. The van der Waals surface area contributed by atoms with Crippen molar-refractivity contribution in [2.75, 3.05) is 19.6 Å². The van der Waals surface area contributed by atoms with Gasteiger partial charge in [-0.3, -0.25) is 4.90 Å². The van der Waals surface area contributed by atoms with Crippen molar-refractivity contribution in [1.29, 1.82) is 0 Å². The van der Waals surface area contributed by atoms with E-state index in [4.69, 9.17) is 0 Å². The van der Waals surface area contributed by atoms with Gasteiger partial charge in [-0.15, -0.1) is 0 Å². The van der Waals surface area contributed by atoms with E-state index in [-0.39, 0.29) is 0 Å². The lowest BCUT2D eigenvalue weighted by Gasteiger charge is -2.39. The van der Waals surface area contributed by atoms with E-state index in [2.05, 4.69) is 31.0 Å². The average Bonchev–Trinajstić information content (AvgIpc) is 2.41. The Hall–Kier alpha value is -0.0800. The minimum atomic E-state index is 0.663. The molecule has 1 aliphatic rings. The van der Waals surface area contributed by atoms with Gasteiger partial charge in [-0.05, 0) is 52.2 Å². The van der Waals surface area contributed by atoms with Gasteiger partial charge in [-0.2, -0.15) is 0 Å². The molecule has 1 N–H and O–H groups in total. The zero-order valence-corrected chi connectivity index (χ0v) is 12.9. The quantitative estimate of drug-likeness (QED) is 0.629. The topological polar surface area (TPSA) is 15.3 Å². The molecule has 2 unspecified atom stereocenters. The van der Waals surface area contributed by atoms with Crippen LogP contribution < -0.4 is 5.32 Å². The summed E-state index contributed by atoms with van der Waals surface area (Å²) in [4.78, 5) is 2.76. The molecular formula is C16H34N2. The molecule has 0 radical (unpaired) electrons. The van der Waals surface area contributed by atoms with Gasteiger partial charge in [-0.1, -0.05) is 39.5 Å².